The molecule has 5 nitrogen and oxygen atoms in total. The van der Waals surface area contributed by atoms with Crippen LogP contribution in [-0.4, -0.2) is 20.4 Å². The summed E-state index contributed by atoms with van der Waals surface area (Å²) >= 11 is 0. The fourth-order valence-corrected chi connectivity index (χ4v) is 2.40. The van der Waals surface area contributed by atoms with Gasteiger partial charge in [-0.15, -0.1) is 0 Å². The van der Waals surface area contributed by atoms with Gasteiger partial charge >= 0.3 is 0 Å². The molecule has 0 fully saturated rings. The van der Waals surface area contributed by atoms with Crippen LogP contribution < -0.4 is 5.32 Å². The van der Waals surface area contributed by atoms with Crippen LogP contribution in [0.2, 0.25) is 0 Å². The Morgan fingerprint density at radius 1 is 1.22 bits per heavy atom. The maximum absolute atomic E-state index is 11.2. The van der Waals surface area contributed by atoms with Gasteiger partial charge in [0.1, 0.15) is 5.69 Å². The Hall–Kier alpha value is -2.95. The maximum Gasteiger partial charge on any atom is 0.221 e. The third-order valence-electron chi connectivity index (χ3n) is 3.55. The van der Waals surface area contributed by atoms with Gasteiger partial charge in [-0.25, -0.2) is 4.98 Å². The summed E-state index contributed by atoms with van der Waals surface area (Å²) in [4.78, 5) is 20.1. The standard InChI is InChI=1S/C18H18N4O/c1-3-14-7-8-17(20-12-14)18-19-9-10-22(18)16-6-4-5-15(11-16)21-13(2)23/h4-12H,3H2,1-2H3,(H,21,23). The fourth-order valence-electron chi connectivity index (χ4n) is 2.40. The van der Waals surface area contributed by atoms with E-state index in [1.54, 1.807) is 6.20 Å². The highest BCUT2D eigenvalue weighted by Crippen LogP contribution is 2.22. The number of anilines is 1. The van der Waals surface area contributed by atoms with Crippen molar-refractivity contribution in [2.24, 2.45) is 0 Å². The number of carbonyl (C=O) groups is 1. The van der Waals surface area contributed by atoms with Gasteiger partial charge in [-0.1, -0.05) is 19.1 Å². The highest BCUT2D eigenvalue weighted by atomic mass is 16.1. The van der Waals surface area contributed by atoms with Gasteiger partial charge in [0.05, 0.1) is 0 Å². The van der Waals surface area contributed by atoms with Crippen LogP contribution in [0, 0.1) is 0 Å². The molecule has 1 aromatic carbocycles. The van der Waals surface area contributed by atoms with Crippen molar-refractivity contribution in [3.05, 3.63) is 60.6 Å². The van der Waals surface area contributed by atoms with Crippen LogP contribution in [0.25, 0.3) is 17.2 Å². The number of pyridine rings is 1. The normalized spacial score (nSPS) is 10.5. The Kier molecular flexibility index (Phi) is 4.19. The van der Waals surface area contributed by atoms with Crippen LogP contribution in [0.15, 0.2) is 55.0 Å². The van der Waals surface area contributed by atoms with E-state index in [1.165, 1.54) is 12.5 Å². The number of aromatic nitrogens is 3. The molecule has 1 N–H and O–H groups in total. The zero-order valence-electron chi connectivity index (χ0n) is 13.2. The van der Waals surface area contributed by atoms with Gasteiger partial charge < -0.3 is 5.32 Å². The van der Waals surface area contributed by atoms with E-state index in [4.69, 9.17) is 0 Å². The summed E-state index contributed by atoms with van der Waals surface area (Å²) in [5.74, 6) is 0.678. The molecule has 0 radical (unpaired) electrons. The summed E-state index contributed by atoms with van der Waals surface area (Å²) < 4.78 is 1.96. The van der Waals surface area contributed by atoms with Gasteiger partial charge in [0.25, 0.3) is 0 Å². The molecular weight excluding hydrogens is 288 g/mol. The van der Waals surface area contributed by atoms with Crippen molar-refractivity contribution in [2.45, 2.75) is 20.3 Å². The van der Waals surface area contributed by atoms with Gasteiger partial charge in [-0.2, -0.15) is 0 Å². The molecule has 3 aromatic rings. The van der Waals surface area contributed by atoms with E-state index in [0.29, 0.717) is 0 Å². The lowest BCUT2D eigenvalue weighted by Crippen LogP contribution is -2.06. The van der Waals surface area contributed by atoms with Crippen LogP contribution >= 0.6 is 0 Å². The molecule has 0 aliphatic rings. The van der Waals surface area contributed by atoms with E-state index in [2.05, 4.69) is 28.3 Å². The van der Waals surface area contributed by atoms with Crippen LogP contribution in [0.5, 0.6) is 0 Å². The number of rotatable bonds is 4. The summed E-state index contributed by atoms with van der Waals surface area (Å²) in [6.07, 6.45) is 6.47. The van der Waals surface area contributed by atoms with E-state index in [-0.39, 0.29) is 5.91 Å². The minimum atomic E-state index is -0.0928. The third-order valence-corrected chi connectivity index (χ3v) is 3.55. The number of nitrogens with zero attached hydrogens (tertiary/aromatic N) is 3. The molecule has 0 aliphatic carbocycles. The summed E-state index contributed by atoms with van der Waals surface area (Å²) in [6.45, 7) is 3.60. The summed E-state index contributed by atoms with van der Waals surface area (Å²) in [6, 6.07) is 11.7. The molecule has 1 amide bonds. The number of amides is 1. The molecular formula is C18H18N4O. The van der Waals surface area contributed by atoms with Crippen molar-refractivity contribution >= 4 is 11.6 Å². The Labute approximate surface area is 135 Å². The van der Waals surface area contributed by atoms with Crippen LogP contribution in [0.4, 0.5) is 5.69 Å². The molecule has 0 spiro atoms. The quantitative estimate of drug-likeness (QED) is 0.803. The number of hydrogen-bond acceptors (Lipinski definition) is 3. The van der Waals surface area contributed by atoms with Crippen LogP contribution in [-0.2, 0) is 11.2 Å². The van der Waals surface area contributed by atoms with E-state index in [9.17, 15) is 4.79 Å². The first-order valence-corrected chi connectivity index (χ1v) is 7.54. The first-order valence-electron chi connectivity index (χ1n) is 7.54. The minimum absolute atomic E-state index is 0.0928. The monoisotopic (exact) mass is 306 g/mol. The van der Waals surface area contributed by atoms with Gasteiger partial charge in [-0.3, -0.25) is 14.3 Å². The van der Waals surface area contributed by atoms with Crippen molar-refractivity contribution in [3.8, 4) is 17.2 Å². The topological polar surface area (TPSA) is 59.8 Å². The lowest BCUT2D eigenvalue weighted by Gasteiger charge is -2.10. The lowest BCUT2D eigenvalue weighted by atomic mass is 10.2. The molecule has 0 saturated heterocycles. The molecule has 116 valence electrons. The average Bonchev–Trinajstić information content (AvgIpc) is 3.04. The summed E-state index contributed by atoms with van der Waals surface area (Å²) in [7, 11) is 0. The highest BCUT2D eigenvalue weighted by Gasteiger charge is 2.09. The zero-order chi connectivity index (χ0) is 16.2. The Balaban J connectivity index is 1.98. The lowest BCUT2D eigenvalue weighted by molar-refractivity contribution is -0.114. The number of nitrogens with one attached hydrogen (secondary N) is 1. The van der Waals surface area contributed by atoms with E-state index < -0.39 is 0 Å². The van der Waals surface area contributed by atoms with E-state index in [0.717, 1.165) is 29.3 Å². The zero-order valence-corrected chi connectivity index (χ0v) is 13.2. The first kappa shape index (κ1) is 15.0. The summed E-state index contributed by atoms with van der Waals surface area (Å²) in [5, 5.41) is 2.79. The molecule has 2 aromatic heterocycles. The SMILES string of the molecule is CCc1ccc(-c2nccn2-c2cccc(NC(C)=O)c2)nc1. The largest absolute Gasteiger partial charge is 0.326 e. The fraction of sp³-hybridized carbons (Fsp3) is 0.167. The molecule has 0 unspecified atom stereocenters. The second kappa shape index (κ2) is 6.44. The third kappa shape index (κ3) is 3.29. The van der Waals surface area contributed by atoms with Gasteiger partial charge in [0.2, 0.25) is 5.91 Å². The highest BCUT2D eigenvalue weighted by molar-refractivity contribution is 5.89. The van der Waals surface area contributed by atoms with Gasteiger partial charge in [0.15, 0.2) is 5.82 Å². The molecule has 0 saturated carbocycles. The first-order chi connectivity index (χ1) is 11.2. The van der Waals surface area contributed by atoms with Crippen molar-refractivity contribution < 1.29 is 4.79 Å². The average molecular weight is 306 g/mol. The predicted molar refractivity (Wildman–Crippen MR) is 90.5 cm³/mol. The van der Waals surface area contributed by atoms with Crippen LogP contribution in [0.1, 0.15) is 19.4 Å². The van der Waals surface area contributed by atoms with E-state index in [1.807, 2.05) is 47.3 Å². The molecule has 3 rings (SSSR count). The smallest absolute Gasteiger partial charge is 0.221 e. The van der Waals surface area contributed by atoms with E-state index >= 15 is 0 Å². The Bertz CT molecular complexity index is 821. The van der Waals surface area contributed by atoms with Crippen molar-refractivity contribution in [3.63, 3.8) is 0 Å². The predicted octanol–water partition coefficient (Wildman–Crippen LogP) is 3.46. The molecule has 23 heavy (non-hydrogen) atoms. The molecule has 0 aliphatic heterocycles. The Morgan fingerprint density at radius 3 is 2.78 bits per heavy atom. The molecule has 5 heteroatoms. The summed E-state index contributed by atoms with van der Waals surface area (Å²) in [5.41, 5.74) is 3.69. The molecule has 2 heterocycles. The van der Waals surface area contributed by atoms with Gasteiger partial charge in [-0.05, 0) is 36.2 Å². The van der Waals surface area contributed by atoms with Crippen molar-refractivity contribution in [2.75, 3.05) is 5.32 Å². The Morgan fingerprint density at radius 2 is 2.09 bits per heavy atom. The molecule has 0 bridgehead atoms. The number of imidazole rings is 1. The number of benzene rings is 1. The number of carbonyl (C=O) groups excluding carboxylic acids is 1. The van der Waals surface area contributed by atoms with Crippen molar-refractivity contribution in [1.29, 1.82) is 0 Å². The minimum Gasteiger partial charge on any atom is -0.326 e. The van der Waals surface area contributed by atoms with Crippen molar-refractivity contribution in [1.82, 2.24) is 14.5 Å². The second-order valence-corrected chi connectivity index (χ2v) is 5.26. The van der Waals surface area contributed by atoms with Crippen LogP contribution in [0.3, 0.4) is 0 Å². The number of aryl methyl sites for hydroxylation is 1. The van der Waals surface area contributed by atoms with Gasteiger partial charge in [0, 0.05) is 36.9 Å². The second-order valence-electron chi connectivity index (χ2n) is 5.26. The number of hydrogen-bond donors (Lipinski definition) is 1. The molecule has 0 atom stereocenters. The maximum atomic E-state index is 11.2.